The molecule has 0 amide bonds. The Morgan fingerprint density at radius 3 is 2.53 bits per heavy atom. The molecule has 0 spiro atoms. The topological polar surface area (TPSA) is 73.5 Å². The quantitative estimate of drug-likeness (QED) is 0.721. The van der Waals surface area contributed by atoms with E-state index in [0.29, 0.717) is 22.1 Å². The highest BCUT2D eigenvalue weighted by atomic mass is 16.3. The maximum absolute atomic E-state index is 12.3. The Labute approximate surface area is 108 Å². The zero-order valence-corrected chi connectivity index (χ0v) is 9.79. The van der Waals surface area contributed by atoms with Gasteiger partial charge in [0.15, 0.2) is 5.43 Å². The standard InChI is InChI=1S/C15H10O4/c16-10-3-1-9(2-4-10)13-8-19-14-7-11(17)5-6-12(14)15(13)18/h1-8,16-17H/p-1. The number of hydrogen-bond acceptors (Lipinski definition) is 4. The highest BCUT2D eigenvalue weighted by Gasteiger charge is 2.09. The van der Waals surface area contributed by atoms with Gasteiger partial charge in [-0.25, -0.2) is 0 Å². The minimum atomic E-state index is -0.195. The minimum Gasteiger partial charge on any atom is -0.872 e. The number of phenols is 1. The molecule has 19 heavy (non-hydrogen) atoms. The Morgan fingerprint density at radius 1 is 1.05 bits per heavy atom. The molecule has 0 radical (unpaired) electrons. The summed E-state index contributed by atoms with van der Waals surface area (Å²) in [6.07, 6.45) is 1.34. The molecule has 0 unspecified atom stereocenters. The van der Waals surface area contributed by atoms with Crippen molar-refractivity contribution in [3.05, 3.63) is 59.0 Å². The van der Waals surface area contributed by atoms with Gasteiger partial charge in [-0.1, -0.05) is 24.3 Å². The predicted molar refractivity (Wildman–Crippen MR) is 69.0 cm³/mol. The van der Waals surface area contributed by atoms with Gasteiger partial charge in [-0.15, -0.1) is 5.75 Å². The SMILES string of the molecule is O=c1c(-c2ccc([O-])cc2)coc2cc(O)ccc12. The second kappa shape index (κ2) is 4.17. The molecule has 1 N–H and O–H groups in total. The highest BCUT2D eigenvalue weighted by molar-refractivity contribution is 5.82. The second-order valence-electron chi connectivity index (χ2n) is 4.18. The van der Waals surface area contributed by atoms with Gasteiger partial charge in [0.25, 0.3) is 0 Å². The fourth-order valence-corrected chi connectivity index (χ4v) is 1.95. The molecule has 4 heteroatoms. The summed E-state index contributed by atoms with van der Waals surface area (Å²) < 4.78 is 5.35. The van der Waals surface area contributed by atoms with Crippen LogP contribution in [0.2, 0.25) is 0 Å². The van der Waals surface area contributed by atoms with Crippen LogP contribution in [0.1, 0.15) is 0 Å². The number of aromatic hydroxyl groups is 1. The lowest BCUT2D eigenvalue weighted by atomic mass is 10.1. The molecule has 3 rings (SSSR count). The number of phenolic OH excluding ortho intramolecular Hbond substituents is 1. The van der Waals surface area contributed by atoms with Gasteiger partial charge in [-0.05, 0) is 17.7 Å². The van der Waals surface area contributed by atoms with Crippen molar-refractivity contribution in [2.75, 3.05) is 0 Å². The van der Waals surface area contributed by atoms with E-state index >= 15 is 0 Å². The van der Waals surface area contributed by atoms with Crippen LogP contribution in [-0.2, 0) is 0 Å². The van der Waals surface area contributed by atoms with Crippen LogP contribution in [-0.4, -0.2) is 5.11 Å². The molecule has 0 aliphatic rings. The summed E-state index contributed by atoms with van der Waals surface area (Å²) in [5.74, 6) is -0.0713. The molecule has 1 aromatic heterocycles. The van der Waals surface area contributed by atoms with Crippen molar-refractivity contribution in [2.45, 2.75) is 0 Å². The molecule has 0 saturated heterocycles. The van der Waals surface area contributed by atoms with Crippen molar-refractivity contribution in [3.8, 4) is 22.6 Å². The molecular formula is C15H9O4-. The van der Waals surface area contributed by atoms with E-state index in [1.807, 2.05) is 0 Å². The average molecular weight is 253 g/mol. The molecular weight excluding hydrogens is 244 g/mol. The van der Waals surface area contributed by atoms with Crippen LogP contribution >= 0.6 is 0 Å². The summed E-state index contributed by atoms with van der Waals surface area (Å²) in [5.41, 5.74) is 1.15. The Kier molecular flexibility index (Phi) is 2.49. The third-order valence-electron chi connectivity index (χ3n) is 2.92. The third kappa shape index (κ3) is 1.93. The normalized spacial score (nSPS) is 10.7. The number of rotatable bonds is 1. The second-order valence-corrected chi connectivity index (χ2v) is 4.18. The Balaban J connectivity index is 2.26. The lowest BCUT2D eigenvalue weighted by Gasteiger charge is -2.06. The van der Waals surface area contributed by atoms with Crippen molar-refractivity contribution in [1.29, 1.82) is 0 Å². The van der Waals surface area contributed by atoms with Crippen LogP contribution in [0.5, 0.6) is 11.5 Å². The minimum absolute atomic E-state index is 0.0408. The molecule has 0 aliphatic carbocycles. The summed E-state index contributed by atoms with van der Waals surface area (Å²) in [5, 5.41) is 20.8. The molecule has 0 atom stereocenters. The molecule has 2 aromatic carbocycles. The first-order valence-corrected chi connectivity index (χ1v) is 5.67. The summed E-state index contributed by atoms with van der Waals surface area (Å²) in [6.45, 7) is 0. The molecule has 0 fully saturated rings. The largest absolute Gasteiger partial charge is 0.872 e. The third-order valence-corrected chi connectivity index (χ3v) is 2.92. The van der Waals surface area contributed by atoms with Crippen LogP contribution < -0.4 is 10.5 Å². The highest BCUT2D eigenvalue weighted by Crippen LogP contribution is 2.23. The van der Waals surface area contributed by atoms with E-state index in [9.17, 15) is 15.0 Å². The van der Waals surface area contributed by atoms with Gasteiger partial charge in [0.1, 0.15) is 17.6 Å². The predicted octanol–water partition coefficient (Wildman–Crippen LogP) is 2.24. The van der Waals surface area contributed by atoms with E-state index < -0.39 is 0 Å². The molecule has 0 saturated carbocycles. The summed E-state index contributed by atoms with van der Waals surface area (Å²) in [7, 11) is 0. The Morgan fingerprint density at radius 2 is 1.79 bits per heavy atom. The first-order chi connectivity index (χ1) is 9.15. The van der Waals surface area contributed by atoms with Crippen LogP contribution in [0.3, 0.4) is 0 Å². The monoisotopic (exact) mass is 253 g/mol. The Hall–Kier alpha value is -2.75. The fraction of sp³-hybridized carbons (Fsp3) is 0. The van der Waals surface area contributed by atoms with E-state index in [-0.39, 0.29) is 16.9 Å². The lowest BCUT2D eigenvalue weighted by Crippen LogP contribution is -2.04. The van der Waals surface area contributed by atoms with Gasteiger partial charge in [0, 0.05) is 6.07 Å². The van der Waals surface area contributed by atoms with E-state index in [0.717, 1.165) is 0 Å². The maximum atomic E-state index is 12.3. The first kappa shape index (κ1) is 11.3. The van der Waals surface area contributed by atoms with E-state index in [4.69, 9.17) is 4.42 Å². The molecule has 4 nitrogen and oxygen atoms in total. The molecule has 94 valence electrons. The average Bonchev–Trinajstić information content (AvgIpc) is 2.40. The fourth-order valence-electron chi connectivity index (χ4n) is 1.95. The number of benzene rings is 2. The van der Waals surface area contributed by atoms with Crippen LogP contribution in [0.25, 0.3) is 22.1 Å². The van der Waals surface area contributed by atoms with E-state index in [1.165, 1.54) is 36.6 Å². The zero-order chi connectivity index (χ0) is 13.4. The molecule has 1 heterocycles. The van der Waals surface area contributed by atoms with Crippen LogP contribution in [0.15, 0.2) is 57.9 Å². The first-order valence-electron chi connectivity index (χ1n) is 5.67. The van der Waals surface area contributed by atoms with Gasteiger partial charge < -0.3 is 14.6 Å². The van der Waals surface area contributed by atoms with Crippen molar-refractivity contribution in [2.24, 2.45) is 0 Å². The summed E-state index contributed by atoms with van der Waals surface area (Å²) in [6, 6.07) is 10.3. The van der Waals surface area contributed by atoms with Gasteiger partial charge in [0.05, 0.1) is 10.9 Å². The van der Waals surface area contributed by atoms with Crippen molar-refractivity contribution >= 4 is 11.0 Å². The number of hydrogen-bond donors (Lipinski definition) is 1. The van der Waals surface area contributed by atoms with Crippen LogP contribution in [0, 0.1) is 0 Å². The maximum Gasteiger partial charge on any atom is 0.200 e. The van der Waals surface area contributed by atoms with Gasteiger partial charge in [0.2, 0.25) is 0 Å². The number of fused-ring (bicyclic) bond motifs is 1. The van der Waals surface area contributed by atoms with Crippen molar-refractivity contribution in [1.82, 2.24) is 0 Å². The summed E-state index contributed by atoms with van der Waals surface area (Å²) >= 11 is 0. The van der Waals surface area contributed by atoms with Crippen LogP contribution in [0.4, 0.5) is 0 Å². The van der Waals surface area contributed by atoms with Crippen molar-refractivity contribution < 1.29 is 14.6 Å². The molecule has 0 bridgehead atoms. The summed E-state index contributed by atoms with van der Waals surface area (Å²) in [4.78, 5) is 12.3. The van der Waals surface area contributed by atoms with Gasteiger partial charge >= 0.3 is 0 Å². The van der Waals surface area contributed by atoms with Gasteiger partial charge in [-0.2, -0.15) is 0 Å². The zero-order valence-electron chi connectivity index (χ0n) is 9.79. The van der Waals surface area contributed by atoms with Crippen molar-refractivity contribution in [3.63, 3.8) is 0 Å². The van der Waals surface area contributed by atoms with Gasteiger partial charge in [-0.3, -0.25) is 4.79 Å². The molecule has 3 aromatic rings. The lowest BCUT2D eigenvalue weighted by molar-refractivity contribution is -0.268. The molecule has 0 aliphatic heterocycles. The van der Waals surface area contributed by atoms with E-state index in [2.05, 4.69) is 0 Å². The Bertz CT molecular complexity index is 800. The van der Waals surface area contributed by atoms with E-state index in [1.54, 1.807) is 12.1 Å². The smallest absolute Gasteiger partial charge is 0.200 e.